The van der Waals surface area contributed by atoms with Crippen LogP contribution in [0.1, 0.15) is 25.0 Å². The van der Waals surface area contributed by atoms with E-state index < -0.39 is 0 Å². The number of para-hydroxylation sites is 4. The molecule has 10 aromatic rings. The summed E-state index contributed by atoms with van der Waals surface area (Å²) < 4.78 is 2.49. The molecule has 3 heteroatoms. The SMILES string of the molecule is CC1(C)c2cccc3ccc4cc(-n5c6ccc(N(c7ccccc7)c7ccccc7)cc6c6cc(N(c7ccccc7)c7ccccc7)ccc65)cc1c4c23. The fourth-order valence-corrected chi connectivity index (χ4v) is 9.27. The van der Waals surface area contributed by atoms with Gasteiger partial charge in [-0.15, -0.1) is 0 Å². The number of rotatable bonds is 7. The summed E-state index contributed by atoms with van der Waals surface area (Å²) >= 11 is 0. The van der Waals surface area contributed by atoms with Crippen LogP contribution in [0.3, 0.4) is 0 Å². The average Bonchev–Trinajstić information content (AvgIpc) is 3.70. The molecule has 0 unspecified atom stereocenters. The lowest BCUT2D eigenvalue weighted by Crippen LogP contribution is -2.15. The first-order valence-electron chi connectivity index (χ1n) is 19.4. The van der Waals surface area contributed by atoms with Crippen molar-refractivity contribution in [1.82, 2.24) is 4.57 Å². The maximum atomic E-state index is 2.49. The quantitative estimate of drug-likeness (QED) is 0.152. The summed E-state index contributed by atoms with van der Waals surface area (Å²) in [6.45, 7) is 4.77. The lowest BCUT2D eigenvalue weighted by Gasteiger charge is -2.26. The van der Waals surface area contributed by atoms with Crippen molar-refractivity contribution in [3.05, 3.63) is 211 Å². The molecule has 0 bridgehead atoms. The van der Waals surface area contributed by atoms with Crippen LogP contribution in [0, 0.1) is 0 Å². The van der Waals surface area contributed by atoms with E-state index in [0.29, 0.717) is 0 Å². The van der Waals surface area contributed by atoms with Crippen molar-refractivity contribution in [3.8, 4) is 5.69 Å². The van der Waals surface area contributed by atoms with Gasteiger partial charge in [-0.1, -0.05) is 117 Å². The van der Waals surface area contributed by atoms with E-state index in [1.165, 1.54) is 60.2 Å². The number of hydrogen-bond acceptors (Lipinski definition) is 2. The van der Waals surface area contributed by atoms with Crippen LogP contribution in [0.25, 0.3) is 49.0 Å². The first-order chi connectivity index (χ1) is 27.5. The molecule has 0 radical (unpaired) electrons. The summed E-state index contributed by atoms with van der Waals surface area (Å²) in [6, 6.07) is 72.9. The Bertz CT molecular complexity index is 2870. The molecule has 1 aliphatic carbocycles. The van der Waals surface area contributed by atoms with Gasteiger partial charge < -0.3 is 14.4 Å². The third kappa shape index (κ3) is 4.91. The van der Waals surface area contributed by atoms with E-state index in [1.807, 2.05) is 0 Å². The van der Waals surface area contributed by atoms with Gasteiger partial charge in [-0.3, -0.25) is 0 Å². The Morgan fingerprint density at radius 3 is 1.29 bits per heavy atom. The first-order valence-corrected chi connectivity index (χ1v) is 19.4. The first kappa shape index (κ1) is 32.3. The van der Waals surface area contributed by atoms with Crippen LogP contribution >= 0.6 is 0 Å². The molecule has 9 aromatic carbocycles. The number of aromatic nitrogens is 1. The smallest absolute Gasteiger partial charge is 0.0542 e. The summed E-state index contributed by atoms with van der Waals surface area (Å²) in [6.07, 6.45) is 0. The van der Waals surface area contributed by atoms with E-state index in [1.54, 1.807) is 0 Å². The molecule has 56 heavy (non-hydrogen) atoms. The van der Waals surface area contributed by atoms with Gasteiger partial charge >= 0.3 is 0 Å². The Labute approximate surface area is 326 Å². The van der Waals surface area contributed by atoms with Gasteiger partial charge in [0.15, 0.2) is 0 Å². The van der Waals surface area contributed by atoms with Crippen LogP contribution in [-0.2, 0) is 5.41 Å². The van der Waals surface area contributed by atoms with E-state index in [4.69, 9.17) is 0 Å². The fourth-order valence-electron chi connectivity index (χ4n) is 9.27. The minimum absolute atomic E-state index is 0.117. The summed E-state index contributed by atoms with van der Waals surface area (Å²) in [4.78, 5) is 4.71. The normalized spacial score (nSPS) is 13.0. The summed E-state index contributed by atoms with van der Waals surface area (Å²) in [5, 5.41) is 7.79. The third-order valence-electron chi connectivity index (χ3n) is 11.9. The third-order valence-corrected chi connectivity index (χ3v) is 11.9. The van der Waals surface area contributed by atoms with Gasteiger partial charge in [0.05, 0.1) is 11.0 Å². The van der Waals surface area contributed by atoms with Crippen molar-refractivity contribution in [2.45, 2.75) is 19.3 Å². The van der Waals surface area contributed by atoms with Crippen molar-refractivity contribution < 1.29 is 0 Å². The molecule has 0 atom stereocenters. The van der Waals surface area contributed by atoms with Crippen LogP contribution in [-0.4, -0.2) is 4.57 Å². The summed E-state index contributed by atoms with van der Waals surface area (Å²) in [7, 11) is 0. The van der Waals surface area contributed by atoms with Gasteiger partial charge in [-0.2, -0.15) is 0 Å². The minimum Gasteiger partial charge on any atom is -0.310 e. The highest BCUT2D eigenvalue weighted by atomic mass is 15.1. The van der Waals surface area contributed by atoms with E-state index >= 15 is 0 Å². The van der Waals surface area contributed by atoms with E-state index in [2.05, 4.69) is 228 Å². The summed E-state index contributed by atoms with van der Waals surface area (Å²) in [5.74, 6) is 0. The monoisotopic (exact) mass is 717 g/mol. The van der Waals surface area contributed by atoms with Crippen molar-refractivity contribution >= 4 is 77.5 Å². The van der Waals surface area contributed by atoms with E-state index in [9.17, 15) is 0 Å². The Morgan fingerprint density at radius 1 is 0.357 bits per heavy atom. The molecule has 0 spiro atoms. The predicted octanol–water partition coefficient (Wildman–Crippen LogP) is 14.7. The minimum atomic E-state index is -0.117. The Kier molecular flexibility index (Phi) is 7.20. The van der Waals surface area contributed by atoms with Crippen LogP contribution in [0.5, 0.6) is 0 Å². The van der Waals surface area contributed by atoms with Gasteiger partial charge in [-0.05, 0) is 130 Å². The number of anilines is 6. The maximum absolute atomic E-state index is 2.49. The summed E-state index contributed by atoms with van der Waals surface area (Å²) in [5.41, 5.74) is 12.9. The molecule has 1 aliphatic rings. The molecule has 0 saturated carbocycles. The van der Waals surface area contributed by atoms with Crippen molar-refractivity contribution in [1.29, 1.82) is 0 Å². The van der Waals surface area contributed by atoms with Crippen LogP contribution in [0.4, 0.5) is 34.1 Å². The van der Waals surface area contributed by atoms with Crippen LogP contribution in [0.15, 0.2) is 200 Å². The highest BCUT2D eigenvalue weighted by Crippen LogP contribution is 2.50. The predicted molar refractivity (Wildman–Crippen MR) is 237 cm³/mol. The molecule has 11 rings (SSSR count). The van der Waals surface area contributed by atoms with E-state index in [0.717, 1.165) is 34.1 Å². The lowest BCUT2D eigenvalue weighted by molar-refractivity contribution is 0.662. The Balaban J connectivity index is 1.19. The molecule has 0 amide bonds. The zero-order valence-corrected chi connectivity index (χ0v) is 31.4. The van der Waals surface area contributed by atoms with E-state index in [-0.39, 0.29) is 5.41 Å². The van der Waals surface area contributed by atoms with Gasteiger partial charge in [0, 0.05) is 56.0 Å². The highest BCUT2D eigenvalue weighted by Gasteiger charge is 2.34. The van der Waals surface area contributed by atoms with Crippen molar-refractivity contribution in [3.63, 3.8) is 0 Å². The molecule has 3 nitrogen and oxygen atoms in total. The van der Waals surface area contributed by atoms with Gasteiger partial charge in [0.1, 0.15) is 0 Å². The zero-order chi connectivity index (χ0) is 37.4. The van der Waals surface area contributed by atoms with Gasteiger partial charge in [0.2, 0.25) is 0 Å². The molecular weight excluding hydrogens is 679 g/mol. The Morgan fingerprint density at radius 2 is 0.804 bits per heavy atom. The van der Waals surface area contributed by atoms with Gasteiger partial charge in [0.25, 0.3) is 0 Å². The number of benzene rings is 9. The molecule has 266 valence electrons. The fraction of sp³-hybridized carbons (Fsp3) is 0.0566. The molecule has 0 aliphatic heterocycles. The topological polar surface area (TPSA) is 11.4 Å². The largest absolute Gasteiger partial charge is 0.310 e. The molecule has 0 fully saturated rings. The second-order valence-electron chi connectivity index (χ2n) is 15.4. The second kappa shape index (κ2) is 12.5. The number of fused-ring (bicyclic) bond motifs is 3. The Hall–Kier alpha value is -7.10. The molecule has 0 saturated heterocycles. The average molecular weight is 718 g/mol. The van der Waals surface area contributed by atoms with Gasteiger partial charge in [-0.25, -0.2) is 0 Å². The number of nitrogens with zero attached hydrogens (tertiary/aromatic N) is 3. The molecule has 1 heterocycles. The molecule has 1 aromatic heterocycles. The van der Waals surface area contributed by atoms with Crippen LogP contribution in [0.2, 0.25) is 0 Å². The highest BCUT2D eigenvalue weighted by molar-refractivity contribution is 6.16. The lowest BCUT2D eigenvalue weighted by atomic mass is 9.81. The van der Waals surface area contributed by atoms with Crippen molar-refractivity contribution in [2.24, 2.45) is 0 Å². The second-order valence-corrected chi connectivity index (χ2v) is 15.4. The number of hydrogen-bond donors (Lipinski definition) is 0. The molecule has 0 N–H and O–H groups in total. The van der Waals surface area contributed by atoms with Crippen LogP contribution < -0.4 is 9.80 Å². The standard InChI is InChI=1S/C53H39N3/c1-53(2)47-25-15-16-36-26-27-37-32-44(35-48(53)52(37)51(36)47)56-49-30-28-42(54(38-17-7-3-8-18-38)39-19-9-4-10-20-39)33-45(49)46-34-43(29-31-50(46)56)55(40-21-11-5-12-22-40)41-23-13-6-14-24-41/h3-35H,1-2H3. The maximum Gasteiger partial charge on any atom is 0.0542 e. The van der Waals surface area contributed by atoms with Crippen molar-refractivity contribution in [2.75, 3.05) is 9.80 Å². The zero-order valence-electron chi connectivity index (χ0n) is 31.4. The molecular formula is C53H39N3.